The molecule has 0 saturated carbocycles. The summed E-state index contributed by atoms with van der Waals surface area (Å²) in [7, 11) is 0. The quantitative estimate of drug-likeness (QED) is 0.225. The molecule has 11 nitrogen and oxygen atoms in total. The Labute approximate surface area is 191 Å². The maximum absolute atomic E-state index is 9.37. The van der Waals surface area contributed by atoms with E-state index in [9.17, 15) is 5.11 Å². The molecule has 0 aliphatic heterocycles. The van der Waals surface area contributed by atoms with Gasteiger partial charge in [-0.2, -0.15) is 4.98 Å². The first kappa shape index (κ1) is 28.3. The topological polar surface area (TPSA) is 209 Å². The van der Waals surface area contributed by atoms with E-state index in [0.29, 0.717) is 22.6 Å². The number of phenols is 1. The average molecular weight is 457 g/mol. The zero-order valence-corrected chi connectivity index (χ0v) is 17.4. The monoisotopic (exact) mass is 456 g/mol. The number of carbonyl (C=O) groups is 2. The molecular weight excluding hydrogens is 428 g/mol. The molecule has 0 saturated heterocycles. The Kier molecular flexibility index (Phi) is 11.7. The number of rotatable bonds is 4. The molecule has 9 N–H and O–H groups in total. The van der Waals surface area contributed by atoms with Crippen molar-refractivity contribution >= 4 is 40.8 Å². The third-order valence-corrected chi connectivity index (χ3v) is 3.43. The largest absolute Gasteiger partial charge is 0.508 e. The predicted molar refractivity (Wildman–Crippen MR) is 128 cm³/mol. The molecule has 0 aliphatic carbocycles. The van der Waals surface area contributed by atoms with Crippen LogP contribution in [0.3, 0.4) is 0 Å². The van der Waals surface area contributed by atoms with E-state index in [-0.39, 0.29) is 24.8 Å². The number of carboxylic acids is 2. The van der Waals surface area contributed by atoms with Crippen molar-refractivity contribution in [3.8, 4) is 5.75 Å². The third kappa shape index (κ3) is 10.8. The molecule has 0 aliphatic rings. The summed E-state index contributed by atoms with van der Waals surface area (Å²) < 4.78 is 0. The van der Waals surface area contributed by atoms with Crippen molar-refractivity contribution in [3.63, 3.8) is 0 Å². The van der Waals surface area contributed by atoms with Crippen LogP contribution in [0.2, 0.25) is 0 Å². The Hall–Kier alpha value is -4.67. The highest BCUT2D eigenvalue weighted by Gasteiger charge is 2.10. The Morgan fingerprint density at radius 3 is 2.03 bits per heavy atom. The number of hydrogen-bond donors (Lipinski definition) is 7. The fraction of sp³-hybridized carbons (Fsp3) is 0.136. The molecule has 3 rings (SSSR count). The number of aromatic hydroxyl groups is 1. The van der Waals surface area contributed by atoms with Gasteiger partial charge in [0.2, 0.25) is 5.95 Å². The lowest BCUT2D eigenvalue weighted by molar-refractivity contribution is -0.135. The van der Waals surface area contributed by atoms with Crippen LogP contribution in [0.25, 0.3) is 0 Å². The van der Waals surface area contributed by atoms with Gasteiger partial charge < -0.3 is 32.1 Å². The second-order valence-electron chi connectivity index (χ2n) is 6.19. The number of carboxylic acid groups (broad SMARTS) is 2. The number of phenolic OH excluding ortho intramolecular Hbond substituents is 1. The van der Waals surface area contributed by atoms with E-state index in [0.717, 1.165) is 19.5 Å². The number of aromatic nitrogens is 2. The summed E-state index contributed by atoms with van der Waals surface area (Å²) in [5.41, 5.74) is 14.3. The van der Waals surface area contributed by atoms with Gasteiger partial charge in [0.25, 0.3) is 11.9 Å². The summed E-state index contributed by atoms with van der Waals surface area (Å²) in [6, 6.07) is 13.4. The number of nitrogen functional groups attached to an aromatic ring is 2. The minimum absolute atomic E-state index is 0. The molecule has 176 valence electrons. The first-order valence-corrected chi connectivity index (χ1v) is 9.02. The van der Waals surface area contributed by atoms with Crippen molar-refractivity contribution in [3.05, 3.63) is 65.9 Å². The average Bonchev–Trinajstić information content (AvgIpc) is 2.69. The van der Waals surface area contributed by atoms with Gasteiger partial charge in [-0.1, -0.05) is 7.43 Å². The van der Waals surface area contributed by atoms with Crippen LogP contribution in [0.15, 0.2) is 54.7 Å². The zero-order valence-electron chi connectivity index (χ0n) is 17.4. The van der Waals surface area contributed by atoms with Gasteiger partial charge in [-0.05, 0) is 48.5 Å². The SMILES string of the molecule is C.CC(=O)O.CC(=O)O.N=C(c1ccc(O)cc1)c1cc(Nc2ccnc(N)n2)ccc1N. The van der Waals surface area contributed by atoms with E-state index in [2.05, 4.69) is 15.3 Å². The van der Waals surface area contributed by atoms with E-state index >= 15 is 0 Å². The van der Waals surface area contributed by atoms with Gasteiger partial charge >= 0.3 is 0 Å². The van der Waals surface area contributed by atoms with Gasteiger partial charge in [-0.3, -0.25) is 15.0 Å². The highest BCUT2D eigenvalue weighted by atomic mass is 16.4. The first-order chi connectivity index (χ1) is 15.0. The summed E-state index contributed by atoms with van der Waals surface area (Å²) in [4.78, 5) is 25.9. The Bertz CT molecular complexity index is 1070. The standard InChI is InChI=1S/C17H16N6O.2C2H4O2.CH4/c18-14-6-3-11(22-15-7-8-21-17(20)23-15)9-13(14)16(19)10-1-4-12(24)5-2-10;2*1-2(3)4;/h1-9,19,24H,18H2,(H3,20,21,22,23);2*1H3,(H,3,4);1H4. The molecule has 11 heteroatoms. The number of nitrogens with zero attached hydrogens (tertiary/aromatic N) is 2. The van der Waals surface area contributed by atoms with Crippen LogP contribution in [-0.4, -0.2) is 42.9 Å². The van der Waals surface area contributed by atoms with Gasteiger partial charge in [0.1, 0.15) is 11.6 Å². The molecule has 0 radical (unpaired) electrons. The van der Waals surface area contributed by atoms with Crippen LogP contribution < -0.4 is 16.8 Å². The number of nitrogens with one attached hydrogen (secondary N) is 2. The van der Waals surface area contributed by atoms with Crippen LogP contribution in [0.5, 0.6) is 5.75 Å². The lowest BCUT2D eigenvalue weighted by Gasteiger charge is -2.12. The van der Waals surface area contributed by atoms with E-state index in [4.69, 9.17) is 36.7 Å². The van der Waals surface area contributed by atoms with Crippen LogP contribution in [0, 0.1) is 5.41 Å². The number of benzene rings is 2. The second kappa shape index (κ2) is 13.6. The number of nitrogens with two attached hydrogens (primary N) is 2. The fourth-order valence-electron chi connectivity index (χ4n) is 2.23. The molecule has 2 aromatic carbocycles. The molecule has 0 atom stereocenters. The van der Waals surface area contributed by atoms with Gasteiger partial charge in [-0.25, -0.2) is 4.98 Å². The highest BCUT2D eigenvalue weighted by molar-refractivity contribution is 6.14. The van der Waals surface area contributed by atoms with Crippen LogP contribution in [-0.2, 0) is 9.59 Å². The number of hydrogen-bond acceptors (Lipinski definition) is 9. The Balaban J connectivity index is 0.000000991. The molecule has 0 spiro atoms. The molecule has 1 heterocycles. The van der Waals surface area contributed by atoms with Crippen LogP contribution >= 0.6 is 0 Å². The van der Waals surface area contributed by atoms with E-state index in [1.54, 1.807) is 42.6 Å². The summed E-state index contributed by atoms with van der Waals surface area (Å²) >= 11 is 0. The van der Waals surface area contributed by atoms with Crippen molar-refractivity contribution in [1.29, 1.82) is 5.41 Å². The van der Waals surface area contributed by atoms with Crippen LogP contribution in [0.1, 0.15) is 32.4 Å². The Morgan fingerprint density at radius 1 is 0.970 bits per heavy atom. The lowest BCUT2D eigenvalue weighted by Crippen LogP contribution is -2.06. The van der Waals surface area contributed by atoms with Crippen molar-refractivity contribution < 1.29 is 24.9 Å². The minimum Gasteiger partial charge on any atom is -0.508 e. The number of aliphatic carboxylic acids is 2. The molecule has 0 fully saturated rings. The van der Waals surface area contributed by atoms with Gasteiger partial charge in [0, 0.05) is 42.5 Å². The molecule has 33 heavy (non-hydrogen) atoms. The normalized spacial score (nSPS) is 9.03. The van der Waals surface area contributed by atoms with Gasteiger partial charge in [-0.15, -0.1) is 0 Å². The van der Waals surface area contributed by atoms with E-state index < -0.39 is 11.9 Å². The summed E-state index contributed by atoms with van der Waals surface area (Å²) in [5, 5.41) is 35.7. The van der Waals surface area contributed by atoms with Crippen molar-refractivity contribution in [2.24, 2.45) is 0 Å². The maximum atomic E-state index is 9.37. The summed E-state index contributed by atoms with van der Waals surface area (Å²) in [6.45, 7) is 2.17. The molecule has 0 bridgehead atoms. The summed E-state index contributed by atoms with van der Waals surface area (Å²) in [6.07, 6.45) is 1.56. The van der Waals surface area contributed by atoms with Crippen molar-refractivity contribution in [2.45, 2.75) is 21.3 Å². The van der Waals surface area contributed by atoms with Gasteiger partial charge in [0.05, 0.1) is 5.71 Å². The van der Waals surface area contributed by atoms with E-state index in [1.165, 1.54) is 12.1 Å². The van der Waals surface area contributed by atoms with Crippen molar-refractivity contribution in [2.75, 3.05) is 16.8 Å². The minimum atomic E-state index is -0.833. The molecule has 0 unspecified atom stereocenters. The van der Waals surface area contributed by atoms with Crippen molar-refractivity contribution in [1.82, 2.24) is 9.97 Å². The van der Waals surface area contributed by atoms with Gasteiger partial charge in [0.15, 0.2) is 0 Å². The fourth-order valence-corrected chi connectivity index (χ4v) is 2.23. The smallest absolute Gasteiger partial charge is 0.300 e. The molecule has 0 amide bonds. The zero-order chi connectivity index (χ0) is 24.3. The Morgan fingerprint density at radius 2 is 1.52 bits per heavy atom. The number of anilines is 4. The summed E-state index contributed by atoms with van der Waals surface area (Å²) in [5.74, 6) is -0.793. The van der Waals surface area contributed by atoms with E-state index in [1.807, 2.05) is 0 Å². The van der Waals surface area contributed by atoms with Crippen LogP contribution in [0.4, 0.5) is 23.1 Å². The maximum Gasteiger partial charge on any atom is 0.300 e. The molecule has 3 aromatic rings. The third-order valence-electron chi connectivity index (χ3n) is 3.43. The second-order valence-corrected chi connectivity index (χ2v) is 6.19. The predicted octanol–water partition coefficient (Wildman–Crippen LogP) is 3.32. The molecule has 1 aromatic heterocycles. The first-order valence-electron chi connectivity index (χ1n) is 9.02. The lowest BCUT2D eigenvalue weighted by atomic mass is 10.00. The highest BCUT2D eigenvalue weighted by Crippen LogP contribution is 2.24. The molecular formula is C22H28N6O5.